The zero-order valence-corrected chi connectivity index (χ0v) is 15.0. The van der Waals surface area contributed by atoms with Gasteiger partial charge in [-0.05, 0) is 30.2 Å². The number of hydrogen-bond donors (Lipinski definition) is 2. The summed E-state index contributed by atoms with van der Waals surface area (Å²) >= 11 is 5.77. The van der Waals surface area contributed by atoms with E-state index in [9.17, 15) is 19.7 Å². The minimum atomic E-state index is -0.808. The van der Waals surface area contributed by atoms with E-state index in [2.05, 4.69) is 10.6 Å². The lowest BCUT2D eigenvalue weighted by molar-refractivity contribution is -0.384. The summed E-state index contributed by atoms with van der Waals surface area (Å²) in [7, 11) is 0. The van der Waals surface area contributed by atoms with E-state index in [0.29, 0.717) is 5.56 Å². The normalized spacial score (nSPS) is 11.7. The first-order chi connectivity index (χ1) is 12.3. The number of nitrogens with one attached hydrogen (secondary N) is 2. The van der Waals surface area contributed by atoms with Gasteiger partial charge in [0.15, 0.2) is 0 Å². The van der Waals surface area contributed by atoms with E-state index in [1.807, 2.05) is 0 Å². The second kappa shape index (κ2) is 8.44. The predicted octanol–water partition coefficient (Wildman–Crippen LogP) is 3.64. The minimum absolute atomic E-state index is 0.0224. The summed E-state index contributed by atoms with van der Waals surface area (Å²) in [4.78, 5) is 35.2. The van der Waals surface area contributed by atoms with Crippen LogP contribution in [0.15, 0.2) is 48.5 Å². The number of amides is 2. The van der Waals surface area contributed by atoms with Crippen LogP contribution in [0.5, 0.6) is 0 Å². The van der Waals surface area contributed by atoms with E-state index in [4.69, 9.17) is 11.6 Å². The van der Waals surface area contributed by atoms with Crippen LogP contribution in [0.3, 0.4) is 0 Å². The maximum Gasteiger partial charge on any atom is 0.289 e. The molecule has 0 spiro atoms. The number of carbonyl (C=O) groups is 2. The first-order valence-corrected chi connectivity index (χ1v) is 8.28. The molecule has 2 rings (SSSR count). The van der Waals surface area contributed by atoms with Crippen LogP contribution in [0.25, 0.3) is 0 Å². The molecule has 136 valence electrons. The molecule has 2 amide bonds. The number of benzene rings is 2. The molecule has 0 aliphatic heterocycles. The van der Waals surface area contributed by atoms with E-state index in [-0.39, 0.29) is 28.2 Å². The number of rotatable bonds is 6. The molecule has 0 radical (unpaired) electrons. The molecule has 0 bridgehead atoms. The van der Waals surface area contributed by atoms with Crippen molar-refractivity contribution in [3.63, 3.8) is 0 Å². The maximum absolute atomic E-state index is 12.6. The van der Waals surface area contributed by atoms with E-state index in [0.717, 1.165) is 0 Å². The number of anilines is 1. The largest absolute Gasteiger partial charge is 0.340 e. The van der Waals surface area contributed by atoms with E-state index < -0.39 is 16.9 Å². The molecular formula is C18H18ClN3O4. The van der Waals surface area contributed by atoms with Crippen LogP contribution >= 0.6 is 11.6 Å². The molecule has 26 heavy (non-hydrogen) atoms. The van der Waals surface area contributed by atoms with Gasteiger partial charge in [-0.25, -0.2) is 0 Å². The Morgan fingerprint density at radius 1 is 1.12 bits per heavy atom. The summed E-state index contributed by atoms with van der Waals surface area (Å²) in [5, 5.41) is 16.2. The molecule has 2 aromatic rings. The van der Waals surface area contributed by atoms with Gasteiger partial charge in [0, 0.05) is 17.3 Å². The van der Waals surface area contributed by atoms with Crippen molar-refractivity contribution < 1.29 is 14.5 Å². The predicted molar refractivity (Wildman–Crippen MR) is 99.3 cm³/mol. The van der Waals surface area contributed by atoms with Crippen LogP contribution in [0.2, 0.25) is 5.02 Å². The average molecular weight is 376 g/mol. The highest BCUT2D eigenvalue weighted by Gasteiger charge is 2.25. The van der Waals surface area contributed by atoms with Crippen LogP contribution in [0, 0.1) is 16.0 Å². The van der Waals surface area contributed by atoms with E-state index in [1.165, 1.54) is 18.2 Å². The van der Waals surface area contributed by atoms with Crippen LogP contribution in [-0.2, 0) is 4.79 Å². The molecule has 2 aromatic carbocycles. The molecule has 0 fully saturated rings. The molecule has 0 heterocycles. The minimum Gasteiger partial charge on any atom is -0.340 e. The Balaban J connectivity index is 2.15. The lowest BCUT2D eigenvalue weighted by atomic mass is 10.0. The van der Waals surface area contributed by atoms with Crippen molar-refractivity contribution in [2.45, 2.75) is 19.9 Å². The second-order valence-corrected chi connectivity index (χ2v) is 6.38. The fraction of sp³-hybridized carbons (Fsp3) is 0.222. The third-order valence-electron chi connectivity index (χ3n) is 3.68. The van der Waals surface area contributed by atoms with Crippen molar-refractivity contribution in [2.75, 3.05) is 5.32 Å². The molecule has 0 saturated heterocycles. The quantitative estimate of drug-likeness (QED) is 0.594. The van der Waals surface area contributed by atoms with Gasteiger partial charge in [0.25, 0.3) is 11.6 Å². The number of carbonyl (C=O) groups excluding carboxylic acids is 2. The van der Waals surface area contributed by atoms with Gasteiger partial charge in [0.05, 0.1) is 4.92 Å². The number of nitro groups is 1. The van der Waals surface area contributed by atoms with Crippen molar-refractivity contribution >= 4 is 34.8 Å². The second-order valence-electron chi connectivity index (χ2n) is 5.97. The highest BCUT2D eigenvalue weighted by molar-refractivity contribution is 6.32. The molecule has 8 heteroatoms. The Labute approximate surface area is 155 Å². The SMILES string of the molecule is CC(C)[C@H](NC(=O)c1ccccc1)C(=O)Nc1ccc(Cl)c([N+](=O)[O-])c1. The van der Waals surface area contributed by atoms with Gasteiger partial charge in [-0.2, -0.15) is 0 Å². The Kier molecular flexibility index (Phi) is 6.30. The van der Waals surface area contributed by atoms with Gasteiger partial charge in [-0.3, -0.25) is 19.7 Å². The number of hydrogen-bond acceptors (Lipinski definition) is 4. The molecule has 0 saturated carbocycles. The molecule has 0 aliphatic rings. The van der Waals surface area contributed by atoms with Gasteiger partial charge in [-0.1, -0.05) is 43.6 Å². The Morgan fingerprint density at radius 3 is 2.35 bits per heavy atom. The van der Waals surface area contributed by atoms with Crippen molar-refractivity contribution in [2.24, 2.45) is 5.92 Å². The van der Waals surface area contributed by atoms with Crippen LogP contribution in [0.1, 0.15) is 24.2 Å². The van der Waals surface area contributed by atoms with Crippen LogP contribution in [-0.4, -0.2) is 22.8 Å². The molecule has 0 aromatic heterocycles. The van der Waals surface area contributed by atoms with Crippen molar-refractivity contribution in [1.82, 2.24) is 5.32 Å². The summed E-state index contributed by atoms with van der Waals surface area (Å²) in [6, 6.07) is 11.7. The van der Waals surface area contributed by atoms with Gasteiger partial charge in [0.1, 0.15) is 11.1 Å². The van der Waals surface area contributed by atoms with Crippen molar-refractivity contribution in [3.8, 4) is 0 Å². The number of nitrogens with zero attached hydrogens (tertiary/aromatic N) is 1. The summed E-state index contributed by atoms with van der Waals surface area (Å²) in [5.74, 6) is -1.03. The maximum atomic E-state index is 12.6. The van der Waals surface area contributed by atoms with Crippen molar-refractivity contribution in [3.05, 3.63) is 69.2 Å². The summed E-state index contributed by atoms with van der Waals surface area (Å²) in [5.41, 5.74) is 0.359. The first kappa shape index (κ1) is 19.4. The van der Waals surface area contributed by atoms with E-state index in [1.54, 1.807) is 44.2 Å². The monoisotopic (exact) mass is 375 g/mol. The first-order valence-electron chi connectivity index (χ1n) is 7.90. The molecule has 0 unspecified atom stereocenters. The van der Waals surface area contributed by atoms with E-state index >= 15 is 0 Å². The fourth-order valence-corrected chi connectivity index (χ4v) is 2.49. The summed E-state index contributed by atoms with van der Waals surface area (Å²) in [6.07, 6.45) is 0. The molecule has 2 N–H and O–H groups in total. The van der Waals surface area contributed by atoms with Crippen molar-refractivity contribution in [1.29, 1.82) is 0 Å². The smallest absolute Gasteiger partial charge is 0.289 e. The van der Waals surface area contributed by atoms with Crippen LogP contribution in [0.4, 0.5) is 11.4 Å². The van der Waals surface area contributed by atoms with Gasteiger partial charge in [0.2, 0.25) is 5.91 Å². The molecule has 7 nitrogen and oxygen atoms in total. The molecule has 1 atom stereocenters. The standard InChI is InChI=1S/C18H18ClN3O4/c1-11(2)16(21-17(23)12-6-4-3-5-7-12)18(24)20-13-8-9-14(19)15(10-13)22(25)26/h3-11,16H,1-2H3,(H,20,24)(H,21,23)/t16-/m0/s1. The topological polar surface area (TPSA) is 101 Å². The Hall–Kier alpha value is -2.93. The van der Waals surface area contributed by atoms with Gasteiger partial charge >= 0.3 is 0 Å². The third-order valence-corrected chi connectivity index (χ3v) is 4.00. The Bertz CT molecular complexity index is 824. The van der Waals surface area contributed by atoms with Gasteiger partial charge < -0.3 is 10.6 Å². The summed E-state index contributed by atoms with van der Waals surface area (Å²) < 4.78 is 0. The average Bonchev–Trinajstić information content (AvgIpc) is 2.61. The zero-order valence-electron chi connectivity index (χ0n) is 14.2. The highest BCUT2D eigenvalue weighted by atomic mass is 35.5. The summed E-state index contributed by atoms with van der Waals surface area (Å²) in [6.45, 7) is 3.58. The molecule has 0 aliphatic carbocycles. The van der Waals surface area contributed by atoms with Gasteiger partial charge in [-0.15, -0.1) is 0 Å². The third kappa shape index (κ3) is 4.80. The fourth-order valence-electron chi connectivity index (χ4n) is 2.30. The Morgan fingerprint density at radius 2 is 1.77 bits per heavy atom. The van der Waals surface area contributed by atoms with Crippen LogP contribution < -0.4 is 10.6 Å². The number of nitro benzene ring substituents is 1. The highest BCUT2D eigenvalue weighted by Crippen LogP contribution is 2.27. The molecular weight excluding hydrogens is 358 g/mol. The zero-order chi connectivity index (χ0) is 19.3. The lowest BCUT2D eigenvalue weighted by Gasteiger charge is -2.21. The lowest BCUT2D eigenvalue weighted by Crippen LogP contribution is -2.47. The number of halogens is 1.